The highest BCUT2D eigenvalue weighted by Crippen LogP contribution is 2.23. The van der Waals surface area contributed by atoms with E-state index in [0.29, 0.717) is 19.0 Å². The maximum atomic E-state index is 12.2. The third-order valence-electron chi connectivity index (χ3n) is 4.12. The van der Waals surface area contributed by atoms with Crippen molar-refractivity contribution in [3.8, 4) is 0 Å². The predicted octanol–water partition coefficient (Wildman–Crippen LogP) is 3.58. The molecule has 4 nitrogen and oxygen atoms in total. The smallest absolute Gasteiger partial charge is 0.263 e. The van der Waals surface area contributed by atoms with Crippen LogP contribution in [0.5, 0.6) is 0 Å². The van der Waals surface area contributed by atoms with Crippen molar-refractivity contribution in [1.82, 2.24) is 4.90 Å². The molecule has 2 heterocycles. The van der Waals surface area contributed by atoms with E-state index in [1.54, 1.807) is 4.90 Å². The Bertz CT molecular complexity index is 686. The van der Waals surface area contributed by atoms with Crippen molar-refractivity contribution < 1.29 is 9.59 Å². The number of rotatable bonds is 4. The molecule has 1 aromatic heterocycles. The molecule has 0 bridgehead atoms. The second-order valence-electron chi connectivity index (χ2n) is 6.15. The fourth-order valence-electron chi connectivity index (χ4n) is 2.56. The summed E-state index contributed by atoms with van der Waals surface area (Å²) in [5, 5.41) is 4.82. The molecular weight excluding hydrogens is 308 g/mol. The summed E-state index contributed by atoms with van der Waals surface area (Å²) in [4.78, 5) is 26.8. The van der Waals surface area contributed by atoms with E-state index < -0.39 is 0 Å². The number of nitrogens with zero attached hydrogens (tertiary/aromatic N) is 1. The molecule has 0 spiro atoms. The quantitative estimate of drug-likeness (QED) is 0.932. The highest BCUT2D eigenvalue weighted by molar-refractivity contribution is 7.12. The highest BCUT2D eigenvalue weighted by Gasteiger charge is 2.36. The zero-order valence-corrected chi connectivity index (χ0v) is 14.1. The molecule has 3 rings (SSSR count). The van der Waals surface area contributed by atoms with Gasteiger partial charge in [-0.1, -0.05) is 32.0 Å². The second-order valence-corrected chi connectivity index (χ2v) is 7.10. The third-order valence-corrected chi connectivity index (χ3v) is 4.97. The minimum absolute atomic E-state index is 0.0162. The number of nitrogens with one attached hydrogen (secondary N) is 1. The van der Waals surface area contributed by atoms with Crippen LogP contribution in [0.1, 0.15) is 35.0 Å². The van der Waals surface area contributed by atoms with Crippen LogP contribution >= 0.6 is 11.3 Å². The number of anilines is 1. The van der Waals surface area contributed by atoms with Crippen LogP contribution in [0.2, 0.25) is 0 Å². The van der Waals surface area contributed by atoms with Gasteiger partial charge in [-0.05, 0) is 35.1 Å². The molecule has 2 aromatic rings. The molecule has 0 atom stereocenters. The lowest BCUT2D eigenvalue weighted by Crippen LogP contribution is -2.54. The van der Waals surface area contributed by atoms with E-state index >= 15 is 0 Å². The lowest BCUT2D eigenvalue weighted by molar-refractivity contribution is -0.123. The van der Waals surface area contributed by atoms with Gasteiger partial charge in [0.15, 0.2) is 0 Å². The number of benzene rings is 1. The average molecular weight is 328 g/mol. The first-order valence-corrected chi connectivity index (χ1v) is 8.66. The van der Waals surface area contributed by atoms with Crippen molar-refractivity contribution in [2.45, 2.75) is 19.8 Å². The summed E-state index contributed by atoms with van der Waals surface area (Å²) in [5.74, 6) is 0.356. The van der Waals surface area contributed by atoms with E-state index in [2.05, 4.69) is 19.2 Å². The van der Waals surface area contributed by atoms with E-state index in [1.165, 1.54) is 16.9 Å². The van der Waals surface area contributed by atoms with Crippen molar-refractivity contribution in [2.24, 2.45) is 5.92 Å². The molecule has 5 heteroatoms. The minimum Gasteiger partial charge on any atom is -0.336 e. The number of likely N-dealkylation sites (tertiary alicyclic amines) is 1. The van der Waals surface area contributed by atoms with Gasteiger partial charge in [0.05, 0.1) is 10.8 Å². The summed E-state index contributed by atoms with van der Waals surface area (Å²) in [6.07, 6.45) is 0. The normalized spacial score (nSPS) is 14.7. The largest absolute Gasteiger partial charge is 0.336 e. The first-order chi connectivity index (χ1) is 11.0. The van der Waals surface area contributed by atoms with Crippen LogP contribution in [0.3, 0.4) is 0 Å². The predicted molar refractivity (Wildman–Crippen MR) is 92.9 cm³/mol. The van der Waals surface area contributed by atoms with Crippen molar-refractivity contribution in [1.29, 1.82) is 0 Å². The summed E-state index contributed by atoms with van der Waals surface area (Å²) in [6, 6.07) is 11.6. The Morgan fingerprint density at radius 2 is 1.87 bits per heavy atom. The Morgan fingerprint density at radius 3 is 2.43 bits per heavy atom. The van der Waals surface area contributed by atoms with Gasteiger partial charge in [0.1, 0.15) is 0 Å². The monoisotopic (exact) mass is 328 g/mol. The van der Waals surface area contributed by atoms with Crippen LogP contribution in [0.4, 0.5) is 5.69 Å². The summed E-state index contributed by atoms with van der Waals surface area (Å²) in [5.41, 5.74) is 2.06. The molecule has 0 saturated carbocycles. The summed E-state index contributed by atoms with van der Waals surface area (Å²) in [7, 11) is 0. The number of thiophene rings is 1. The summed E-state index contributed by atoms with van der Waals surface area (Å²) < 4.78 is 0. The van der Waals surface area contributed by atoms with Gasteiger partial charge < -0.3 is 10.2 Å². The number of amides is 2. The van der Waals surface area contributed by atoms with Gasteiger partial charge in [0.2, 0.25) is 5.91 Å². The maximum Gasteiger partial charge on any atom is 0.263 e. The molecular formula is C18H20N2O2S. The Labute approximate surface area is 140 Å². The van der Waals surface area contributed by atoms with E-state index in [9.17, 15) is 9.59 Å². The van der Waals surface area contributed by atoms with Crippen LogP contribution in [-0.4, -0.2) is 29.8 Å². The van der Waals surface area contributed by atoms with Crippen molar-refractivity contribution in [3.05, 3.63) is 52.2 Å². The Hall–Kier alpha value is -2.14. The standard InChI is InChI=1S/C18H20N2O2S/c1-12(2)13-5-7-15(8-6-13)19-17(21)14-10-20(11-14)18(22)16-4-3-9-23-16/h3-9,12,14H,10-11H2,1-2H3,(H,19,21). The molecule has 1 aromatic carbocycles. The van der Waals surface area contributed by atoms with Crippen molar-refractivity contribution >= 4 is 28.8 Å². The third kappa shape index (κ3) is 3.45. The van der Waals surface area contributed by atoms with Crippen molar-refractivity contribution in [3.63, 3.8) is 0 Å². The first kappa shape index (κ1) is 15.7. The van der Waals surface area contributed by atoms with Crippen LogP contribution in [-0.2, 0) is 4.79 Å². The molecule has 0 unspecified atom stereocenters. The zero-order valence-electron chi connectivity index (χ0n) is 13.3. The van der Waals surface area contributed by atoms with Gasteiger partial charge >= 0.3 is 0 Å². The van der Waals surface area contributed by atoms with Gasteiger partial charge in [-0.25, -0.2) is 0 Å². The number of carbonyl (C=O) groups is 2. The number of carbonyl (C=O) groups excluding carboxylic acids is 2. The van der Waals surface area contributed by atoms with E-state index in [4.69, 9.17) is 0 Å². The maximum absolute atomic E-state index is 12.2. The van der Waals surface area contributed by atoms with Crippen LogP contribution < -0.4 is 5.32 Å². The van der Waals surface area contributed by atoms with Gasteiger partial charge in [-0.3, -0.25) is 9.59 Å². The number of hydrogen-bond donors (Lipinski definition) is 1. The lowest BCUT2D eigenvalue weighted by atomic mass is 9.98. The molecule has 1 aliphatic rings. The first-order valence-electron chi connectivity index (χ1n) is 7.78. The van der Waals surface area contributed by atoms with Crippen LogP contribution in [0.15, 0.2) is 41.8 Å². The van der Waals surface area contributed by atoms with Crippen molar-refractivity contribution in [2.75, 3.05) is 18.4 Å². The summed E-state index contributed by atoms with van der Waals surface area (Å²) >= 11 is 1.43. The van der Waals surface area contributed by atoms with Crippen LogP contribution in [0, 0.1) is 5.92 Å². The molecule has 1 saturated heterocycles. The van der Waals surface area contributed by atoms with Gasteiger partial charge in [-0.15, -0.1) is 11.3 Å². The molecule has 1 aliphatic heterocycles. The SMILES string of the molecule is CC(C)c1ccc(NC(=O)C2CN(C(=O)c3cccs3)C2)cc1. The van der Waals surface area contributed by atoms with Gasteiger partial charge in [0, 0.05) is 18.8 Å². The van der Waals surface area contributed by atoms with Crippen LogP contribution in [0.25, 0.3) is 0 Å². The second kappa shape index (κ2) is 6.54. The number of hydrogen-bond acceptors (Lipinski definition) is 3. The van der Waals surface area contributed by atoms with E-state index in [-0.39, 0.29) is 17.7 Å². The van der Waals surface area contributed by atoms with Gasteiger partial charge in [0.25, 0.3) is 5.91 Å². The molecule has 2 amide bonds. The summed E-state index contributed by atoms with van der Waals surface area (Å²) in [6.45, 7) is 5.27. The highest BCUT2D eigenvalue weighted by atomic mass is 32.1. The van der Waals surface area contributed by atoms with Gasteiger partial charge in [-0.2, -0.15) is 0 Å². The zero-order chi connectivity index (χ0) is 16.4. The minimum atomic E-state index is -0.122. The fraction of sp³-hybridized carbons (Fsp3) is 0.333. The molecule has 0 radical (unpaired) electrons. The fourth-order valence-corrected chi connectivity index (χ4v) is 3.25. The Kier molecular flexibility index (Phi) is 4.48. The topological polar surface area (TPSA) is 49.4 Å². The Morgan fingerprint density at radius 1 is 1.17 bits per heavy atom. The molecule has 1 fully saturated rings. The van der Waals surface area contributed by atoms with E-state index in [1.807, 2.05) is 41.8 Å². The molecule has 1 N–H and O–H groups in total. The lowest BCUT2D eigenvalue weighted by Gasteiger charge is -2.37. The Balaban J connectivity index is 1.52. The molecule has 23 heavy (non-hydrogen) atoms. The molecule has 120 valence electrons. The van der Waals surface area contributed by atoms with E-state index in [0.717, 1.165) is 10.6 Å². The molecule has 0 aliphatic carbocycles. The average Bonchev–Trinajstić information content (AvgIpc) is 3.00.